The van der Waals surface area contributed by atoms with Crippen LogP contribution in [0.3, 0.4) is 0 Å². The number of thiazole rings is 1. The second-order valence-electron chi connectivity index (χ2n) is 2.09. The first kappa shape index (κ1) is 7.95. The predicted octanol–water partition coefficient (Wildman–Crippen LogP) is 2.86. The van der Waals surface area contributed by atoms with Crippen molar-refractivity contribution in [2.75, 3.05) is 0 Å². The van der Waals surface area contributed by atoms with Gasteiger partial charge >= 0.3 is 0 Å². The van der Waals surface area contributed by atoms with Crippen molar-refractivity contribution in [3.05, 3.63) is 15.0 Å². The summed E-state index contributed by atoms with van der Waals surface area (Å²) in [7, 11) is 0. The van der Waals surface area contributed by atoms with Crippen LogP contribution in [0, 0.1) is 3.95 Å². The Hall–Kier alpha value is -0.150. The minimum atomic E-state index is 0.999. The maximum Gasteiger partial charge on any atom is 0.161 e. The molecule has 10 heavy (non-hydrogen) atoms. The van der Waals surface area contributed by atoms with Gasteiger partial charge in [0.05, 0.1) is 0 Å². The molecule has 1 aromatic rings. The lowest BCUT2D eigenvalue weighted by Gasteiger charge is -2.00. The van der Waals surface area contributed by atoms with Crippen LogP contribution in [0.4, 0.5) is 0 Å². The van der Waals surface area contributed by atoms with Gasteiger partial charge in [-0.15, -0.1) is 11.3 Å². The maximum absolute atomic E-state index is 5.12. The van der Waals surface area contributed by atoms with E-state index in [0.29, 0.717) is 0 Å². The molecule has 0 saturated heterocycles. The Labute approximate surface area is 70.3 Å². The Kier molecular flexibility index (Phi) is 2.63. The molecule has 1 nitrogen and oxygen atoms in total. The highest BCUT2D eigenvalue weighted by Crippen LogP contribution is 2.10. The Balaban J connectivity index is 3.13. The normalized spacial score (nSPS) is 10.2. The molecule has 1 aromatic heterocycles. The zero-order valence-corrected chi connectivity index (χ0v) is 7.89. The van der Waals surface area contributed by atoms with Crippen molar-refractivity contribution in [1.29, 1.82) is 0 Å². The molecule has 0 radical (unpaired) electrons. The highest BCUT2D eigenvalue weighted by Gasteiger charge is 1.97. The van der Waals surface area contributed by atoms with Gasteiger partial charge in [0.1, 0.15) is 0 Å². The molecule has 0 spiro atoms. The standard InChI is InChI=1S/C7H11NS2/c1-3-6-5-10-7(9)8(6)4-2/h5H,3-4H2,1-2H3. The average molecular weight is 173 g/mol. The van der Waals surface area contributed by atoms with Crippen molar-refractivity contribution in [1.82, 2.24) is 4.57 Å². The van der Waals surface area contributed by atoms with Crippen LogP contribution in [0.15, 0.2) is 5.38 Å². The van der Waals surface area contributed by atoms with Crippen LogP contribution in [0.25, 0.3) is 0 Å². The van der Waals surface area contributed by atoms with E-state index in [1.807, 2.05) is 0 Å². The summed E-state index contributed by atoms with van der Waals surface area (Å²) < 4.78 is 3.18. The lowest BCUT2D eigenvalue weighted by molar-refractivity contribution is 0.716. The van der Waals surface area contributed by atoms with Crippen LogP contribution in [0.5, 0.6) is 0 Å². The van der Waals surface area contributed by atoms with E-state index in [1.165, 1.54) is 5.69 Å². The number of hydrogen-bond acceptors (Lipinski definition) is 2. The Bertz CT molecular complexity index is 259. The van der Waals surface area contributed by atoms with Crippen molar-refractivity contribution in [3.63, 3.8) is 0 Å². The van der Waals surface area contributed by atoms with E-state index >= 15 is 0 Å². The molecule has 0 atom stereocenters. The fraction of sp³-hybridized carbons (Fsp3) is 0.571. The van der Waals surface area contributed by atoms with Gasteiger partial charge in [0.2, 0.25) is 0 Å². The summed E-state index contributed by atoms with van der Waals surface area (Å²) in [6, 6.07) is 0. The van der Waals surface area contributed by atoms with Gasteiger partial charge < -0.3 is 4.57 Å². The predicted molar refractivity (Wildman–Crippen MR) is 48.2 cm³/mol. The summed E-state index contributed by atoms with van der Waals surface area (Å²) in [5.74, 6) is 0. The zero-order chi connectivity index (χ0) is 7.56. The van der Waals surface area contributed by atoms with Gasteiger partial charge in [0.25, 0.3) is 0 Å². The summed E-state index contributed by atoms with van der Waals surface area (Å²) in [4.78, 5) is 0. The third kappa shape index (κ3) is 1.30. The van der Waals surface area contributed by atoms with E-state index in [-0.39, 0.29) is 0 Å². The molecule has 0 fully saturated rings. The molecule has 56 valence electrons. The maximum atomic E-state index is 5.12. The third-order valence-corrected chi connectivity index (χ3v) is 2.86. The zero-order valence-electron chi connectivity index (χ0n) is 6.26. The van der Waals surface area contributed by atoms with E-state index in [1.54, 1.807) is 11.3 Å². The number of hydrogen-bond donors (Lipinski definition) is 0. The van der Waals surface area contributed by atoms with E-state index in [9.17, 15) is 0 Å². The lowest BCUT2D eigenvalue weighted by Crippen LogP contribution is -1.98. The average Bonchev–Trinajstić information content (AvgIpc) is 2.30. The van der Waals surface area contributed by atoms with Crippen LogP contribution >= 0.6 is 23.6 Å². The second kappa shape index (κ2) is 3.30. The van der Waals surface area contributed by atoms with Crippen LogP contribution in [-0.4, -0.2) is 4.57 Å². The molecule has 1 heterocycles. The molecule has 0 saturated carbocycles. The van der Waals surface area contributed by atoms with Crippen molar-refractivity contribution in [3.8, 4) is 0 Å². The Morgan fingerprint density at radius 1 is 1.60 bits per heavy atom. The number of nitrogens with zero attached hydrogens (tertiary/aromatic N) is 1. The molecule has 0 unspecified atom stereocenters. The highest BCUT2D eigenvalue weighted by molar-refractivity contribution is 7.73. The molecular formula is C7H11NS2. The molecule has 3 heteroatoms. The topological polar surface area (TPSA) is 4.93 Å². The molecule has 0 aliphatic carbocycles. The van der Waals surface area contributed by atoms with Gasteiger partial charge in [-0.2, -0.15) is 0 Å². The van der Waals surface area contributed by atoms with E-state index < -0.39 is 0 Å². The summed E-state index contributed by atoms with van der Waals surface area (Å²) >= 11 is 6.78. The summed E-state index contributed by atoms with van der Waals surface area (Å²) in [5, 5.41) is 2.14. The first-order valence-corrected chi connectivity index (χ1v) is 4.75. The van der Waals surface area contributed by atoms with Crippen LogP contribution in [-0.2, 0) is 13.0 Å². The summed E-state index contributed by atoms with van der Waals surface area (Å²) in [5.41, 5.74) is 1.36. The molecule has 0 bridgehead atoms. The molecule has 0 amide bonds. The Morgan fingerprint density at radius 3 is 2.70 bits per heavy atom. The SMILES string of the molecule is CCc1csc(=S)n1CC. The van der Waals surface area contributed by atoms with Gasteiger partial charge in [0, 0.05) is 17.6 Å². The van der Waals surface area contributed by atoms with Gasteiger partial charge in [0.15, 0.2) is 3.95 Å². The van der Waals surface area contributed by atoms with Crippen molar-refractivity contribution in [2.45, 2.75) is 26.8 Å². The second-order valence-corrected chi connectivity index (χ2v) is 3.59. The first-order chi connectivity index (χ1) is 4.79. The monoisotopic (exact) mass is 173 g/mol. The number of rotatable bonds is 2. The quantitative estimate of drug-likeness (QED) is 0.623. The molecular weight excluding hydrogens is 162 g/mol. The number of aromatic nitrogens is 1. The van der Waals surface area contributed by atoms with Crippen molar-refractivity contribution < 1.29 is 0 Å². The van der Waals surface area contributed by atoms with Gasteiger partial charge in [-0.25, -0.2) is 0 Å². The fourth-order valence-corrected chi connectivity index (χ4v) is 2.26. The minimum absolute atomic E-state index is 0.999. The van der Waals surface area contributed by atoms with Crippen LogP contribution in [0.1, 0.15) is 19.5 Å². The molecule has 1 rings (SSSR count). The smallest absolute Gasteiger partial charge is 0.161 e. The largest absolute Gasteiger partial charge is 0.328 e. The molecule has 0 aliphatic rings. The third-order valence-electron chi connectivity index (χ3n) is 1.54. The van der Waals surface area contributed by atoms with E-state index in [0.717, 1.165) is 16.9 Å². The van der Waals surface area contributed by atoms with Crippen LogP contribution < -0.4 is 0 Å². The molecule has 0 aromatic carbocycles. The molecule has 0 N–H and O–H groups in total. The van der Waals surface area contributed by atoms with Gasteiger partial charge in [-0.3, -0.25) is 0 Å². The van der Waals surface area contributed by atoms with E-state index in [2.05, 4.69) is 23.8 Å². The van der Waals surface area contributed by atoms with Crippen molar-refractivity contribution in [2.24, 2.45) is 0 Å². The van der Waals surface area contributed by atoms with Crippen LogP contribution in [0.2, 0.25) is 0 Å². The van der Waals surface area contributed by atoms with Crippen molar-refractivity contribution >= 4 is 23.6 Å². The minimum Gasteiger partial charge on any atom is -0.328 e. The first-order valence-electron chi connectivity index (χ1n) is 3.46. The van der Waals surface area contributed by atoms with Gasteiger partial charge in [-0.1, -0.05) is 6.92 Å². The molecule has 0 aliphatic heterocycles. The summed E-state index contributed by atoms with van der Waals surface area (Å²) in [6.07, 6.45) is 1.08. The summed E-state index contributed by atoms with van der Waals surface area (Å²) in [6.45, 7) is 5.29. The Morgan fingerprint density at radius 2 is 2.30 bits per heavy atom. The lowest BCUT2D eigenvalue weighted by atomic mass is 10.4. The van der Waals surface area contributed by atoms with E-state index in [4.69, 9.17) is 12.2 Å². The van der Waals surface area contributed by atoms with Gasteiger partial charge in [-0.05, 0) is 25.6 Å². The fourth-order valence-electron chi connectivity index (χ4n) is 0.969. The number of aryl methyl sites for hydroxylation is 1. The highest BCUT2D eigenvalue weighted by atomic mass is 32.1.